The fourth-order valence-corrected chi connectivity index (χ4v) is 3.18. The number of rotatable bonds is 5. The largest absolute Gasteiger partial charge is 0.489 e. The maximum absolute atomic E-state index is 11.2. The van der Waals surface area contributed by atoms with Gasteiger partial charge in [0.25, 0.3) is 9.05 Å². The molecule has 1 aliphatic heterocycles. The van der Waals surface area contributed by atoms with Crippen LogP contribution in [0.4, 0.5) is 0 Å². The average Bonchev–Trinajstić information content (AvgIpc) is 2.45. The van der Waals surface area contributed by atoms with Gasteiger partial charge in [0, 0.05) is 23.8 Å². The highest BCUT2D eigenvalue weighted by Crippen LogP contribution is 2.29. The Bertz CT molecular complexity index is 594. The van der Waals surface area contributed by atoms with Crippen LogP contribution >= 0.6 is 22.3 Å². The monoisotopic (exact) mass is 353 g/mol. The van der Waals surface area contributed by atoms with Gasteiger partial charge in [-0.15, -0.1) is 0 Å². The number of nitrogens with zero attached hydrogens (tertiary/aromatic N) is 1. The Balaban J connectivity index is 1.97. The van der Waals surface area contributed by atoms with Crippen LogP contribution in [0, 0.1) is 0 Å². The van der Waals surface area contributed by atoms with Gasteiger partial charge >= 0.3 is 0 Å². The maximum Gasteiger partial charge on any atom is 0.261 e. The van der Waals surface area contributed by atoms with Crippen LogP contribution in [0.3, 0.4) is 0 Å². The molecule has 0 aromatic heterocycles. The molecule has 1 fully saturated rings. The molecule has 1 aliphatic rings. The zero-order valence-electron chi connectivity index (χ0n) is 11.6. The van der Waals surface area contributed by atoms with Crippen LogP contribution in [-0.2, 0) is 13.8 Å². The van der Waals surface area contributed by atoms with Crippen molar-refractivity contribution in [1.82, 2.24) is 4.90 Å². The van der Waals surface area contributed by atoms with Gasteiger partial charge in [0.1, 0.15) is 18.5 Å². The highest BCUT2D eigenvalue weighted by atomic mass is 35.7. The van der Waals surface area contributed by atoms with Crippen LogP contribution in [0.1, 0.15) is 6.92 Å². The molecule has 118 valence electrons. The lowest BCUT2D eigenvalue weighted by Crippen LogP contribution is -2.44. The van der Waals surface area contributed by atoms with Gasteiger partial charge in [-0.1, -0.05) is 18.5 Å². The summed E-state index contributed by atoms with van der Waals surface area (Å²) < 4.78 is 33.7. The molecule has 1 aromatic rings. The van der Waals surface area contributed by atoms with Crippen molar-refractivity contribution in [3.05, 3.63) is 23.2 Å². The molecular weight excluding hydrogens is 337 g/mol. The van der Waals surface area contributed by atoms with Gasteiger partial charge in [-0.25, -0.2) is 8.42 Å². The summed E-state index contributed by atoms with van der Waals surface area (Å²) in [6.07, 6.45) is -0.0220. The number of halogens is 2. The molecule has 0 aliphatic carbocycles. The van der Waals surface area contributed by atoms with Crippen molar-refractivity contribution in [2.75, 3.05) is 32.8 Å². The van der Waals surface area contributed by atoms with Gasteiger partial charge in [0.15, 0.2) is 0 Å². The van der Waals surface area contributed by atoms with Gasteiger partial charge < -0.3 is 9.47 Å². The molecule has 0 amide bonds. The zero-order chi connectivity index (χ0) is 15.5. The lowest BCUT2D eigenvalue weighted by Gasteiger charge is -2.31. The molecule has 5 nitrogen and oxygen atoms in total. The topological polar surface area (TPSA) is 55.8 Å². The fourth-order valence-electron chi connectivity index (χ4n) is 2.10. The first-order valence-corrected chi connectivity index (χ1v) is 9.30. The quantitative estimate of drug-likeness (QED) is 0.760. The molecular formula is C13H17Cl2NO4S. The molecule has 0 bridgehead atoms. The first kappa shape index (κ1) is 16.8. The van der Waals surface area contributed by atoms with Crippen LogP contribution in [-0.4, -0.2) is 52.3 Å². The molecule has 1 heterocycles. The third-order valence-corrected chi connectivity index (χ3v) is 4.93. The molecule has 8 heteroatoms. The van der Waals surface area contributed by atoms with E-state index in [0.29, 0.717) is 19.0 Å². The Hall–Kier alpha value is -0.530. The van der Waals surface area contributed by atoms with Crippen molar-refractivity contribution in [2.24, 2.45) is 0 Å². The van der Waals surface area contributed by atoms with Crippen molar-refractivity contribution in [2.45, 2.75) is 17.9 Å². The molecule has 2 rings (SSSR count). The summed E-state index contributed by atoms with van der Waals surface area (Å²) in [5.41, 5.74) is 0. The molecule has 1 aromatic carbocycles. The zero-order valence-corrected chi connectivity index (χ0v) is 13.9. The van der Waals surface area contributed by atoms with E-state index in [2.05, 4.69) is 11.8 Å². The molecule has 1 atom stereocenters. The van der Waals surface area contributed by atoms with Gasteiger partial charge in [0.05, 0.1) is 16.5 Å². The lowest BCUT2D eigenvalue weighted by atomic mass is 10.3. The molecule has 0 N–H and O–H groups in total. The van der Waals surface area contributed by atoms with E-state index in [1.54, 1.807) is 0 Å². The smallest absolute Gasteiger partial charge is 0.261 e. The molecule has 0 saturated carbocycles. The second-order valence-electron chi connectivity index (χ2n) is 4.73. The van der Waals surface area contributed by atoms with E-state index in [1.807, 2.05) is 0 Å². The summed E-state index contributed by atoms with van der Waals surface area (Å²) in [4.78, 5) is 2.23. The molecule has 1 saturated heterocycles. The standard InChI is InChI=1S/C13H17Cl2NO4S/c1-2-16-5-6-19-10(8-16)9-20-13-4-3-11(7-12(13)14)21(15,17)18/h3-4,7,10H,2,5-6,8-9H2,1H3. The molecule has 1 unspecified atom stereocenters. The van der Waals surface area contributed by atoms with E-state index >= 15 is 0 Å². The van der Waals surface area contributed by atoms with E-state index in [0.717, 1.165) is 19.6 Å². The highest BCUT2D eigenvalue weighted by Gasteiger charge is 2.20. The van der Waals surface area contributed by atoms with Crippen LogP contribution in [0.5, 0.6) is 5.75 Å². The summed E-state index contributed by atoms with van der Waals surface area (Å²) in [7, 11) is 1.47. The first-order chi connectivity index (χ1) is 9.90. The number of hydrogen-bond acceptors (Lipinski definition) is 5. The lowest BCUT2D eigenvalue weighted by molar-refractivity contribution is -0.0463. The second kappa shape index (κ2) is 7.15. The number of morpholine rings is 1. The van der Waals surface area contributed by atoms with Gasteiger partial charge in [-0.3, -0.25) is 4.90 Å². The summed E-state index contributed by atoms with van der Waals surface area (Å²) in [6, 6.07) is 4.14. The van der Waals surface area contributed by atoms with Crippen LogP contribution in [0.2, 0.25) is 5.02 Å². The molecule has 0 radical (unpaired) electrons. The minimum atomic E-state index is -3.79. The summed E-state index contributed by atoms with van der Waals surface area (Å²) in [6.45, 7) is 5.86. The van der Waals surface area contributed by atoms with Crippen molar-refractivity contribution in [1.29, 1.82) is 0 Å². The second-order valence-corrected chi connectivity index (χ2v) is 7.70. The van der Waals surface area contributed by atoms with Gasteiger partial charge in [-0.05, 0) is 24.7 Å². The van der Waals surface area contributed by atoms with E-state index < -0.39 is 9.05 Å². The summed E-state index contributed by atoms with van der Waals surface area (Å²) in [5.74, 6) is 0.415. The van der Waals surface area contributed by atoms with Gasteiger partial charge in [-0.2, -0.15) is 0 Å². The Morgan fingerprint density at radius 3 is 2.86 bits per heavy atom. The number of benzene rings is 1. The minimum Gasteiger partial charge on any atom is -0.489 e. The van der Waals surface area contributed by atoms with E-state index in [1.165, 1.54) is 18.2 Å². The average molecular weight is 354 g/mol. The summed E-state index contributed by atoms with van der Waals surface area (Å²) in [5, 5.41) is 0.208. The van der Waals surface area contributed by atoms with E-state index in [-0.39, 0.29) is 16.0 Å². The van der Waals surface area contributed by atoms with Crippen molar-refractivity contribution in [3.63, 3.8) is 0 Å². The Morgan fingerprint density at radius 2 is 2.24 bits per heavy atom. The Labute approximate surface area is 134 Å². The number of hydrogen-bond donors (Lipinski definition) is 0. The highest BCUT2D eigenvalue weighted by molar-refractivity contribution is 8.13. The molecule has 21 heavy (non-hydrogen) atoms. The van der Waals surface area contributed by atoms with Crippen molar-refractivity contribution < 1.29 is 17.9 Å². The van der Waals surface area contributed by atoms with Crippen molar-refractivity contribution in [3.8, 4) is 5.75 Å². The van der Waals surface area contributed by atoms with E-state index in [9.17, 15) is 8.42 Å². The van der Waals surface area contributed by atoms with Crippen LogP contribution in [0.15, 0.2) is 23.1 Å². The summed E-state index contributed by atoms with van der Waals surface area (Å²) >= 11 is 6.01. The Kier molecular flexibility index (Phi) is 5.73. The SMILES string of the molecule is CCN1CCOC(COc2ccc(S(=O)(=O)Cl)cc2Cl)C1. The minimum absolute atomic E-state index is 0.0220. The Morgan fingerprint density at radius 1 is 1.48 bits per heavy atom. The van der Waals surface area contributed by atoms with Crippen molar-refractivity contribution >= 4 is 31.3 Å². The van der Waals surface area contributed by atoms with Crippen LogP contribution < -0.4 is 4.74 Å². The predicted molar refractivity (Wildman–Crippen MR) is 81.8 cm³/mol. The first-order valence-electron chi connectivity index (χ1n) is 6.61. The normalized spacial score (nSPS) is 20.4. The predicted octanol–water partition coefficient (Wildman–Crippen LogP) is 2.37. The third-order valence-electron chi connectivity index (χ3n) is 3.28. The maximum atomic E-state index is 11.2. The third kappa shape index (κ3) is 4.72. The number of likely N-dealkylation sites (N-methyl/N-ethyl adjacent to an activating group) is 1. The van der Waals surface area contributed by atoms with Gasteiger partial charge in [0.2, 0.25) is 0 Å². The fraction of sp³-hybridized carbons (Fsp3) is 0.538. The number of ether oxygens (including phenoxy) is 2. The van der Waals surface area contributed by atoms with E-state index in [4.69, 9.17) is 31.8 Å². The molecule has 0 spiro atoms. The van der Waals surface area contributed by atoms with Crippen LogP contribution in [0.25, 0.3) is 0 Å².